The molecule has 0 unspecified atom stereocenters. The fraction of sp³-hybridized carbons (Fsp3) is 0.105. The summed E-state index contributed by atoms with van der Waals surface area (Å²) >= 11 is 3.36. The number of para-hydroxylation sites is 2. The number of fused-ring (bicyclic) bond motifs is 1. The first kappa shape index (κ1) is 17.9. The van der Waals surface area contributed by atoms with Gasteiger partial charge in [-0.2, -0.15) is 0 Å². The first-order chi connectivity index (χ1) is 12.5. The van der Waals surface area contributed by atoms with Gasteiger partial charge in [0.05, 0.1) is 0 Å². The van der Waals surface area contributed by atoms with E-state index in [0.29, 0.717) is 16.8 Å². The third kappa shape index (κ3) is 4.58. The summed E-state index contributed by atoms with van der Waals surface area (Å²) in [6.45, 7) is 1.49. The van der Waals surface area contributed by atoms with Crippen LogP contribution in [0.2, 0.25) is 0 Å². The van der Waals surface area contributed by atoms with Crippen molar-refractivity contribution in [2.45, 2.75) is 6.92 Å². The number of aryl methyl sites for hydroxylation is 1. The van der Waals surface area contributed by atoms with Gasteiger partial charge < -0.3 is 14.5 Å². The lowest BCUT2D eigenvalue weighted by Gasteiger charge is -2.08. The van der Waals surface area contributed by atoms with Crippen molar-refractivity contribution in [1.29, 1.82) is 0 Å². The molecule has 7 heteroatoms. The molecule has 0 fully saturated rings. The number of aromatic nitrogens is 1. The molecule has 0 aliphatic carbocycles. The lowest BCUT2D eigenvalue weighted by Crippen LogP contribution is -2.20. The van der Waals surface area contributed by atoms with Crippen LogP contribution in [0.5, 0.6) is 0 Å². The Morgan fingerprint density at radius 1 is 1.27 bits per heavy atom. The van der Waals surface area contributed by atoms with Crippen molar-refractivity contribution in [2.24, 2.45) is 0 Å². The third-order valence-electron chi connectivity index (χ3n) is 3.48. The number of hydrogen-bond acceptors (Lipinski definition) is 5. The number of benzene rings is 2. The molecule has 1 heterocycles. The Bertz CT molecular complexity index is 961. The fourth-order valence-electron chi connectivity index (χ4n) is 2.24. The first-order valence-electron chi connectivity index (χ1n) is 7.78. The number of nitrogens with zero attached hydrogens (tertiary/aromatic N) is 1. The molecule has 132 valence electrons. The van der Waals surface area contributed by atoms with E-state index in [1.54, 1.807) is 12.1 Å². The van der Waals surface area contributed by atoms with Crippen LogP contribution in [0, 0.1) is 6.92 Å². The number of oxazole rings is 1. The van der Waals surface area contributed by atoms with E-state index in [9.17, 15) is 9.59 Å². The maximum Gasteiger partial charge on any atom is 0.331 e. The molecular formula is C19H15BrN2O4. The molecule has 1 aromatic heterocycles. The van der Waals surface area contributed by atoms with Crippen LogP contribution in [0.15, 0.2) is 57.4 Å². The molecule has 0 aliphatic rings. The molecule has 1 N–H and O–H groups in total. The second kappa shape index (κ2) is 7.97. The van der Waals surface area contributed by atoms with Crippen LogP contribution in [0.1, 0.15) is 11.5 Å². The van der Waals surface area contributed by atoms with Crippen molar-refractivity contribution in [3.63, 3.8) is 0 Å². The van der Waals surface area contributed by atoms with Gasteiger partial charge in [0.1, 0.15) is 5.52 Å². The van der Waals surface area contributed by atoms with Crippen LogP contribution in [-0.2, 0) is 14.3 Å². The van der Waals surface area contributed by atoms with Crippen molar-refractivity contribution < 1.29 is 18.7 Å². The zero-order chi connectivity index (χ0) is 18.5. The maximum atomic E-state index is 11.9. The topological polar surface area (TPSA) is 81.4 Å². The monoisotopic (exact) mass is 414 g/mol. The average molecular weight is 415 g/mol. The fourth-order valence-corrected chi connectivity index (χ4v) is 2.71. The summed E-state index contributed by atoms with van der Waals surface area (Å²) < 4.78 is 11.3. The molecule has 6 nitrogen and oxygen atoms in total. The van der Waals surface area contributed by atoms with Crippen LogP contribution in [0.3, 0.4) is 0 Å². The van der Waals surface area contributed by atoms with Crippen molar-refractivity contribution in [1.82, 2.24) is 4.98 Å². The van der Waals surface area contributed by atoms with Gasteiger partial charge >= 0.3 is 5.97 Å². The number of carbonyl (C=O) groups is 2. The quantitative estimate of drug-likeness (QED) is 0.502. The standard InChI is InChI=1S/C19H15BrN2O4/c1-12-10-13(20)6-7-14(12)21-17(23)11-25-19(24)9-8-18-22-15-4-2-3-5-16(15)26-18/h2-10H,11H2,1H3,(H,21,23)/b9-8+. The molecule has 3 rings (SSSR count). The molecule has 26 heavy (non-hydrogen) atoms. The van der Waals surface area contributed by atoms with E-state index in [1.165, 1.54) is 12.2 Å². The van der Waals surface area contributed by atoms with Crippen molar-refractivity contribution in [2.75, 3.05) is 11.9 Å². The number of carbonyl (C=O) groups excluding carboxylic acids is 2. The summed E-state index contributed by atoms with van der Waals surface area (Å²) in [4.78, 5) is 27.8. The van der Waals surface area contributed by atoms with Crippen LogP contribution in [0.25, 0.3) is 17.2 Å². The Hall–Kier alpha value is -2.93. The molecule has 2 aromatic carbocycles. The Balaban J connectivity index is 1.52. The second-order valence-electron chi connectivity index (χ2n) is 5.47. The summed E-state index contributed by atoms with van der Waals surface area (Å²) in [7, 11) is 0. The van der Waals surface area contributed by atoms with Crippen LogP contribution in [-0.4, -0.2) is 23.5 Å². The number of rotatable bonds is 5. The Morgan fingerprint density at radius 3 is 2.85 bits per heavy atom. The van der Waals surface area contributed by atoms with Gasteiger partial charge in [0, 0.05) is 22.3 Å². The van der Waals surface area contributed by atoms with Gasteiger partial charge in [0.25, 0.3) is 5.91 Å². The van der Waals surface area contributed by atoms with Crippen molar-refractivity contribution in [3.8, 4) is 0 Å². The predicted octanol–water partition coefficient (Wildman–Crippen LogP) is 4.09. The van der Waals surface area contributed by atoms with E-state index in [-0.39, 0.29) is 12.5 Å². The molecule has 0 saturated heterocycles. The highest BCUT2D eigenvalue weighted by atomic mass is 79.9. The summed E-state index contributed by atoms with van der Waals surface area (Å²) in [6.07, 6.45) is 2.57. The molecule has 0 atom stereocenters. The second-order valence-corrected chi connectivity index (χ2v) is 6.38. The van der Waals surface area contributed by atoms with Gasteiger partial charge in [-0.15, -0.1) is 0 Å². The number of esters is 1. The molecule has 0 radical (unpaired) electrons. The van der Waals surface area contributed by atoms with Crippen molar-refractivity contribution >= 4 is 50.7 Å². The van der Waals surface area contributed by atoms with E-state index in [2.05, 4.69) is 26.2 Å². The zero-order valence-corrected chi connectivity index (χ0v) is 15.4. The van der Waals surface area contributed by atoms with Gasteiger partial charge in [-0.1, -0.05) is 28.1 Å². The minimum atomic E-state index is -0.657. The van der Waals surface area contributed by atoms with Gasteiger partial charge in [-0.05, 0) is 42.8 Å². The lowest BCUT2D eigenvalue weighted by molar-refractivity contribution is -0.142. The number of hydrogen-bond donors (Lipinski definition) is 1. The average Bonchev–Trinajstić information content (AvgIpc) is 3.03. The summed E-state index contributed by atoms with van der Waals surface area (Å²) in [5.41, 5.74) is 2.89. The normalized spacial score (nSPS) is 11.0. The number of ether oxygens (including phenoxy) is 1. The number of anilines is 1. The summed E-state index contributed by atoms with van der Waals surface area (Å²) in [5.74, 6) is -0.785. The van der Waals surface area contributed by atoms with E-state index in [4.69, 9.17) is 9.15 Å². The Labute approximate surface area is 158 Å². The molecular weight excluding hydrogens is 400 g/mol. The van der Waals surface area contributed by atoms with Crippen LogP contribution < -0.4 is 5.32 Å². The minimum Gasteiger partial charge on any atom is -0.452 e. The SMILES string of the molecule is Cc1cc(Br)ccc1NC(=O)COC(=O)/C=C/c1nc2ccccc2o1. The van der Waals surface area contributed by atoms with Crippen molar-refractivity contribution in [3.05, 3.63) is 64.5 Å². The van der Waals surface area contributed by atoms with Gasteiger partial charge in [0.15, 0.2) is 12.2 Å². The highest BCUT2D eigenvalue weighted by Crippen LogP contribution is 2.20. The summed E-state index contributed by atoms with van der Waals surface area (Å²) in [5, 5.41) is 2.69. The zero-order valence-electron chi connectivity index (χ0n) is 13.9. The first-order valence-corrected chi connectivity index (χ1v) is 8.57. The molecule has 0 aliphatic heterocycles. The van der Waals surface area contributed by atoms with E-state index in [0.717, 1.165) is 10.0 Å². The third-order valence-corrected chi connectivity index (χ3v) is 3.97. The number of halogens is 1. The van der Waals surface area contributed by atoms with E-state index < -0.39 is 11.9 Å². The smallest absolute Gasteiger partial charge is 0.331 e. The maximum absolute atomic E-state index is 11.9. The van der Waals surface area contributed by atoms with Crippen LogP contribution >= 0.6 is 15.9 Å². The van der Waals surface area contributed by atoms with Gasteiger partial charge in [0.2, 0.25) is 5.89 Å². The highest BCUT2D eigenvalue weighted by Gasteiger charge is 2.08. The number of amides is 1. The largest absolute Gasteiger partial charge is 0.452 e. The Kier molecular flexibility index (Phi) is 5.48. The Morgan fingerprint density at radius 2 is 2.08 bits per heavy atom. The molecule has 0 saturated carbocycles. The summed E-state index contributed by atoms with van der Waals surface area (Å²) in [6, 6.07) is 12.7. The number of nitrogens with one attached hydrogen (secondary N) is 1. The molecule has 1 amide bonds. The van der Waals surface area contributed by atoms with Gasteiger partial charge in [-0.3, -0.25) is 4.79 Å². The molecule has 0 spiro atoms. The molecule has 0 bridgehead atoms. The predicted molar refractivity (Wildman–Crippen MR) is 102 cm³/mol. The lowest BCUT2D eigenvalue weighted by atomic mass is 10.2. The van der Waals surface area contributed by atoms with E-state index >= 15 is 0 Å². The minimum absolute atomic E-state index is 0.290. The van der Waals surface area contributed by atoms with E-state index in [1.807, 2.05) is 37.3 Å². The van der Waals surface area contributed by atoms with Gasteiger partial charge in [-0.25, -0.2) is 9.78 Å². The van der Waals surface area contributed by atoms with Crippen LogP contribution in [0.4, 0.5) is 5.69 Å². The highest BCUT2D eigenvalue weighted by molar-refractivity contribution is 9.10. The molecule has 3 aromatic rings.